The Bertz CT molecular complexity index is 805. The van der Waals surface area contributed by atoms with E-state index in [4.69, 9.17) is 4.74 Å². The minimum Gasteiger partial charge on any atom is -0.454 e. The number of rotatable bonds is 6. The van der Waals surface area contributed by atoms with E-state index < -0.39 is 12.0 Å². The normalized spacial score (nSPS) is 25.7. The molecule has 164 valence electrons. The van der Waals surface area contributed by atoms with Crippen LogP contribution in [0.2, 0.25) is 0 Å². The van der Waals surface area contributed by atoms with Crippen molar-refractivity contribution in [1.82, 2.24) is 10.2 Å². The predicted octanol–water partition coefficient (Wildman–Crippen LogP) is 3.41. The van der Waals surface area contributed by atoms with Gasteiger partial charge in [0.1, 0.15) is 6.04 Å². The van der Waals surface area contributed by atoms with Gasteiger partial charge in [-0.1, -0.05) is 52.8 Å². The number of nitrogens with one attached hydrogen (secondary N) is 1. The highest BCUT2D eigenvalue weighted by Crippen LogP contribution is 2.52. The molecule has 2 fully saturated rings. The summed E-state index contributed by atoms with van der Waals surface area (Å²) in [7, 11) is 0. The molecule has 1 aromatic carbocycles. The van der Waals surface area contributed by atoms with Crippen LogP contribution in [0.15, 0.2) is 30.3 Å². The summed E-state index contributed by atoms with van der Waals surface area (Å²) < 4.78 is 5.36. The van der Waals surface area contributed by atoms with Crippen LogP contribution in [0.4, 0.5) is 0 Å². The van der Waals surface area contributed by atoms with Gasteiger partial charge in [0.25, 0.3) is 11.8 Å². The first kappa shape index (κ1) is 22.3. The van der Waals surface area contributed by atoms with Gasteiger partial charge in [0.2, 0.25) is 0 Å². The van der Waals surface area contributed by atoms with Gasteiger partial charge >= 0.3 is 5.97 Å². The molecule has 3 atom stereocenters. The van der Waals surface area contributed by atoms with Gasteiger partial charge in [0.05, 0.1) is 0 Å². The lowest BCUT2D eigenvalue weighted by molar-refractivity contribution is -0.154. The maximum absolute atomic E-state index is 12.8. The number of likely N-dealkylation sites (tertiary alicyclic amines) is 1. The zero-order valence-electron chi connectivity index (χ0n) is 18.7. The molecule has 2 amide bonds. The van der Waals surface area contributed by atoms with Crippen LogP contribution in [-0.2, 0) is 14.3 Å². The summed E-state index contributed by atoms with van der Waals surface area (Å²) >= 11 is 0. The third kappa shape index (κ3) is 5.02. The number of amides is 2. The fourth-order valence-corrected chi connectivity index (χ4v) is 5.37. The van der Waals surface area contributed by atoms with E-state index in [1.807, 2.05) is 24.8 Å². The highest BCUT2D eigenvalue weighted by Gasteiger charge is 2.51. The molecule has 0 aromatic heterocycles. The van der Waals surface area contributed by atoms with Crippen LogP contribution in [-0.4, -0.2) is 47.9 Å². The lowest BCUT2D eigenvalue weighted by Gasteiger charge is -2.39. The van der Waals surface area contributed by atoms with Crippen molar-refractivity contribution in [2.45, 2.75) is 66.0 Å². The van der Waals surface area contributed by atoms with E-state index >= 15 is 0 Å². The number of nitrogens with zero attached hydrogens (tertiary/aromatic N) is 1. The van der Waals surface area contributed by atoms with Crippen LogP contribution >= 0.6 is 0 Å². The maximum Gasteiger partial charge on any atom is 0.329 e. The minimum absolute atomic E-state index is 0.135. The molecule has 0 spiro atoms. The Labute approximate surface area is 179 Å². The van der Waals surface area contributed by atoms with Crippen molar-refractivity contribution in [3.8, 4) is 0 Å². The zero-order valence-corrected chi connectivity index (χ0v) is 18.7. The molecule has 1 aliphatic heterocycles. The SMILES string of the molecule is CC(C)[C@H](NC(=O)c1ccccc1)C(=O)OCC(=O)N1C[C@@]2(C)C[C@H]1CC(C)(C)C2. The van der Waals surface area contributed by atoms with Gasteiger partial charge < -0.3 is 15.0 Å². The monoisotopic (exact) mass is 414 g/mol. The van der Waals surface area contributed by atoms with Gasteiger partial charge in [-0.25, -0.2) is 4.79 Å². The second-order valence-electron chi connectivity index (χ2n) is 10.4. The summed E-state index contributed by atoms with van der Waals surface area (Å²) in [6.07, 6.45) is 3.09. The number of ether oxygens (including phenoxy) is 1. The number of esters is 1. The molecular formula is C24H34N2O4. The first-order chi connectivity index (χ1) is 14.0. The number of fused-ring (bicyclic) bond motifs is 2. The van der Waals surface area contributed by atoms with Crippen molar-refractivity contribution in [3.63, 3.8) is 0 Å². The van der Waals surface area contributed by atoms with E-state index in [9.17, 15) is 14.4 Å². The largest absolute Gasteiger partial charge is 0.454 e. The van der Waals surface area contributed by atoms with E-state index in [1.54, 1.807) is 24.3 Å². The molecule has 0 radical (unpaired) electrons. The van der Waals surface area contributed by atoms with Gasteiger partial charge in [-0.2, -0.15) is 0 Å². The first-order valence-electron chi connectivity index (χ1n) is 10.8. The smallest absolute Gasteiger partial charge is 0.329 e. The van der Waals surface area contributed by atoms with Crippen LogP contribution < -0.4 is 5.32 Å². The second-order valence-corrected chi connectivity index (χ2v) is 10.4. The quantitative estimate of drug-likeness (QED) is 0.724. The molecule has 1 saturated heterocycles. The molecule has 1 aliphatic carbocycles. The molecule has 6 heteroatoms. The average Bonchev–Trinajstić information content (AvgIpc) is 2.92. The Kier molecular flexibility index (Phi) is 6.25. The van der Waals surface area contributed by atoms with Crippen molar-refractivity contribution in [2.75, 3.05) is 13.2 Å². The van der Waals surface area contributed by atoms with Gasteiger partial charge in [-0.3, -0.25) is 9.59 Å². The van der Waals surface area contributed by atoms with Crippen molar-refractivity contribution in [3.05, 3.63) is 35.9 Å². The Hall–Kier alpha value is -2.37. The molecule has 2 aliphatic rings. The third-order valence-electron chi connectivity index (χ3n) is 6.32. The topological polar surface area (TPSA) is 75.7 Å². The number of carbonyl (C=O) groups is 3. The summed E-state index contributed by atoms with van der Waals surface area (Å²) in [6, 6.07) is 8.15. The Morgan fingerprint density at radius 1 is 1.13 bits per heavy atom. The molecule has 2 bridgehead atoms. The zero-order chi connectivity index (χ0) is 22.1. The number of benzene rings is 1. The summed E-state index contributed by atoms with van der Waals surface area (Å²) in [5.41, 5.74) is 0.830. The fraction of sp³-hybridized carbons (Fsp3) is 0.625. The number of hydrogen-bond donors (Lipinski definition) is 1. The molecule has 1 saturated carbocycles. The third-order valence-corrected chi connectivity index (χ3v) is 6.32. The van der Waals surface area contributed by atoms with Gasteiger partial charge in [0, 0.05) is 18.2 Å². The Morgan fingerprint density at radius 3 is 2.43 bits per heavy atom. The predicted molar refractivity (Wildman–Crippen MR) is 115 cm³/mol. The fourth-order valence-electron chi connectivity index (χ4n) is 5.37. The summed E-state index contributed by atoms with van der Waals surface area (Å²) in [5.74, 6) is -1.21. The summed E-state index contributed by atoms with van der Waals surface area (Å²) in [5, 5.41) is 2.74. The van der Waals surface area contributed by atoms with Gasteiger partial charge in [-0.05, 0) is 48.1 Å². The van der Waals surface area contributed by atoms with Crippen LogP contribution in [0, 0.1) is 16.7 Å². The molecule has 30 heavy (non-hydrogen) atoms. The minimum atomic E-state index is -0.806. The van der Waals surface area contributed by atoms with E-state index in [1.165, 1.54) is 0 Å². The summed E-state index contributed by atoms with van der Waals surface area (Å²) in [4.78, 5) is 39.8. The number of carbonyl (C=O) groups excluding carboxylic acids is 3. The van der Waals surface area contributed by atoms with Gasteiger partial charge in [-0.15, -0.1) is 0 Å². The van der Waals surface area contributed by atoms with Crippen molar-refractivity contribution < 1.29 is 19.1 Å². The number of hydrogen-bond acceptors (Lipinski definition) is 4. The lowest BCUT2D eigenvalue weighted by atomic mass is 9.65. The molecular weight excluding hydrogens is 380 g/mol. The highest BCUT2D eigenvalue weighted by molar-refractivity contribution is 5.97. The van der Waals surface area contributed by atoms with E-state index in [0.717, 1.165) is 25.8 Å². The molecule has 1 heterocycles. The highest BCUT2D eigenvalue weighted by atomic mass is 16.5. The molecule has 3 rings (SSSR count). The van der Waals surface area contributed by atoms with Crippen molar-refractivity contribution in [2.24, 2.45) is 16.7 Å². The van der Waals surface area contributed by atoms with Crippen LogP contribution in [0.3, 0.4) is 0 Å². The second kappa shape index (κ2) is 8.40. The molecule has 6 nitrogen and oxygen atoms in total. The van der Waals surface area contributed by atoms with Crippen LogP contribution in [0.25, 0.3) is 0 Å². The van der Waals surface area contributed by atoms with E-state index in [0.29, 0.717) is 5.56 Å². The van der Waals surface area contributed by atoms with Crippen molar-refractivity contribution >= 4 is 17.8 Å². The van der Waals surface area contributed by atoms with Gasteiger partial charge in [0.15, 0.2) is 6.61 Å². The van der Waals surface area contributed by atoms with E-state index in [2.05, 4.69) is 26.1 Å². The van der Waals surface area contributed by atoms with Crippen molar-refractivity contribution in [1.29, 1.82) is 0 Å². The summed E-state index contributed by atoms with van der Waals surface area (Å²) in [6.45, 7) is 10.9. The molecule has 0 unspecified atom stereocenters. The lowest BCUT2D eigenvalue weighted by Crippen LogP contribution is -2.46. The first-order valence-corrected chi connectivity index (χ1v) is 10.8. The average molecular weight is 415 g/mol. The molecule has 1 aromatic rings. The van der Waals surface area contributed by atoms with Crippen LogP contribution in [0.5, 0.6) is 0 Å². The standard InChI is InChI=1S/C24H34N2O4/c1-16(2)20(25-21(28)17-9-7-6-8-10-17)22(29)30-13-19(27)26-15-24(5)12-18(26)11-23(3,4)14-24/h6-10,16,18,20H,11-15H2,1-5H3,(H,25,28)/t18-,20+,24+/m1/s1. The Morgan fingerprint density at radius 2 is 1.80 bits per heavy atom. The Balaban J connectivity index is 1.58. The molecule has 1 N–H and O–H groups in total. The van der Waals surface area contributed by atoms with Crippen LogP contribution in [0.1, 0.15) is 64.2 Å². The maximum atomic E-state index is 12.8. The van der Waals surface area contributed by atoms with E-state index in [-0.39, 0.29) is 41.2 Å².